The minimum absolute atomic E-state index is 0.190. The SMILES string of the molecule is CCOc1cc(C(=O)NCc2ccc(OC)nc2)ccc1OC. The summed E-state index contributed by atoms with van der Waals surface area (Å²) in [5, 5.41) is 2.84. The first kappa shape index (κ1) is 16.6. The molecule has 1 aromatic carbocycles. The van der Waals surface area contributed by atoms with E-state index in [0.717, 1.165) is 5.56 Å². The van der Waals surface area contributed by atoms with Crippen LogP contribution in [0.2, 0.25) is 0 Å². The van der Waals surface area contributed by atoms with Crippen LogP contribution in [0.3, 0.4) is 0 Å². The number of pyridine rings is 1. The lowest BCUT2D eigenvalue weighted by Gasteiger charge is -2.11. The van der Waals surface area contributed by atoms with Gasteiger partial charge in [0.25, 0.3) is 5.91 Å². The van der Waals surface area contributed by atoms with Crippen LogP contribution < -0.4 is 19.5 Å². The van der Waals surface area contributed by atoms with Gasteiger partial charge in [-0.05, 0) is 30.7 Å². The number of hydrogen-bond donors (Lipinski definition) is 1. The van der Waals surface area contributed by atoms with E-state index in [0.29, 0.717) is 36.1 Å². The number of methoxy groups -OCH3 is 2. The van der Waals surface area contributed by atoms with Crippen LogP contribution >= 0.6 is 0 Å². The molecule has 0 aliphatic rings. The standard InChI is InChI=1S/C17H20N2O4/c1-4-23-15-9-13(6-7-14(15)21-2)17(20)19-11-12-5-8-16(22-3)18-10-12/h5-10H,4,11H2,1-3H3,(H,19,20). The van der Waals surface area contributed by atoms with Crippen LogP contribution in [0.1, 0.15) is 22.8 Å². The van der Waals surface area contributed by atoms with Gasteiger partial charge < -0.3 is 19.5 Å². The molecule has 6 heteroatoms. The topological polar surface area (TPSA) is 69.7 Å². The van der Waals surface area contributed by atoms with Crippen LogP contribution in [0.15, 0.2) is 36.5 Å². The molecule has 1 N–H and O–H groups in total. The molecule has 0 fully saturated rings. The Balaban J connectivity index is 2.03. The second kappa shape index (κ2) is 8.03. The molecule has 0 unspecified atom stereocenters. The van der Waals surface area contributed by atoms with Gasteiger partial charge in [-0.25, -0.2) is 4.98 Å². The summed E-state index contributed by atoms with van der Waals surface area (Å²) in [5.74, 6) is 1.50. The lowest BCUT2D eigenvalue weighted by molar-refractivity contribution is 0.0950. The zero-order valence-corrected chi connectivity index (χ0v) is 13.5. The third-order valence-corrected chi connectivity index (χ3v) is 3.19. The maximum atomic E-state index is 12.2. The second-order valence-electron chi connectivity index (χ2n) is 4.69. The lowest BCUT2D eigenvalue weighted by atomic mass is 10.2. The zero-order chi connectivity index (χ0) is 16.7. The molecule has 23 heavy (non-hydrogen) atoms. The average molecular weight is 316 g/mol. The third-order valence-electron chi connectivity index (χ3n) is 3.19. The summed E-state index contributed by atoms with van der Waals surface area (Å²) < 4.78 is 15.7. The molecule has 2 aromatic rings. The highest BCUT2D eigenvalue weighted by Gasteiger charge is 2.11. The Morgan fingerprint density at radius 3 is 2.57 bits per heavy atom. The van der Waals surface area contributed by atoms with Crippen LogP contribution in [0, 0.1) is 0 Å². The normalized spacial score (nSPS) is 10.0. The molecule has 0 radical (unpaired) electrons. The minimum Gasteiger partial charge on any atom is -0.493 e. The molecule has 0 atom stereocenters. The van der Waals surface area contributed by atoms with Crippen LogP contribution in [0.5, 0.6) is 17.4 Å². The molecule has 122 valence electrons. The highest BCUT2D eigenvalue weighted by atomic mass is 16.5. The molecule has 0 aliphatic heterocycles. The van der Waals surface area contributed by atoms with E-state index >= 15 is 0 Å². The predicted octanol–water partition coefficient (Wildman–Crippen LogP) is 2.43. The molecule has 0 bridgehead atoms. The summed E-state index contributed by atoms with van der Waals surface area (Å²) in [7, 11) is 3.12. The minimum atomic E-state index is -0.190. The molecule has 6 nitrogen and oxygen atoms in total. The maximum absolute atomic E-state index is 12.2. The highest BCUT2D eigenvalue weighted by Crippen LogP contribution is 2.28. The Labute approximate surface area is 135 Å². The fourth-order valence-corrected chi connectivity index (χ4v) is 2.01. The first-order valence-electron chi connectivity index (χ1n) is 7.26. The number of carbonyl (C=O) groups excluding carboxylic acids is 1. The predicted molar refractivity (Wildman–Crippen MR) is 86.1 cm³/mol. The van der Waals surface area contributed by atoms with Crippen molar-refractivity contribution in [3.05, 3.63) is 47.7 Å². The number of rotatable bonds is 7. The summed E-state index contributed by atoms with van der Waals surface area (Å²) >= 11 is 0. The van der Waals surface area contributed by atoms with Gasteiger partial charge in [-0.2, -0.15) is 0 Å². The van der Waals surface area contributed by atoms with E-state index in [9.17, 15) is 4.79 Å². The van der Waals surface area contributed by atoms with Crippen molar-refractivity contribution in [3.63, 3.8) is 0 Å². The van der Waals surface area contributed by atoms with Crippen LogP contribution in [-0.4, -0.2) is 31.7 Å². The summed E-state index contributed by atoms with van der Waals surface area (Å²) in [6.07, 6.45) is 1.67. The van der Waals surface area contributed by atoms with E-state index in [2.05, 4.69) is 10.3 Å². The fraction of sp³-hybridized carbons (Fsp3) is 0.294. The van der Waals surface area contributed by atoms with Gasteiger partial charge in [-0.15, -0.1) is 0 Å². The van der Waals surface area contributed by atoms with Gasteiger partial charge in [0.05, 0.1) is 20.8 Å². The molecule has 1 amide bonds. The van der Waals surface area contributed by atoms with Crippen LogP contribution in [0.4, 0.5) is 0 Å². The van der Waals surface area contributed by atoms with E-state index in [1.807, 2.05) is 13.0 Å². The summed E-state index contributed by atoms with van der Waals surface area (Å²) in [4.78, 5) is 16.3. The Morgan fingerprint density at radius 2 is 1.96 bits per heavy atom. The Kier molecular flexibility index (Phi) is 5.80. The highest BCUT2D eigenvalue weighted by molar-refractivity contribution is 5.94. The monoisotopic (exact) mass is 316 g/mol. The van der Waals surface area contributed by atoms with Gasteiger partial charge in [0.1, 0.15) is 0 Å². The van der Waals surface area contributed by atoms with Crippen molar-refractivity contribution >= 4 is 5.91 Å². The molecule has 0 saturated carbocycles. The maximum Gasteiger partial charge on any atom is 0.251 e. The van der Waals surface area contributed by atoms with Crippen molar-refractivity contribution in [3.8, 4) is 17.4 Å². The van der Waals surface area contributed by atoms with E-state index < -0.39 is 0 Å². The van der Waals surface area contributed by atoms with Crippen molar-refractivity contribution in [1.29, 1.82) is 0 Å². The smallest absolute Gasteiger partial charge is 0.251 e. The molecular formula is C17H20N2O4. The Hall–Kier alpha value is -2.76. The number of nitrogens with zero attached hydrogens (tertiary/aromatic N) is 1. The number of carbonyl (C=O) groups is 1. The first-order chi connectivity index (χ1) is 11.2. The summed E-state index contributed by atoms with van der Waals surface area (Å²) in [6.45, 7) is 2.76. The van der Waals surface area contributed by atoms with E-state index in [-0.39, 0.29) is 5.91 Å². The number of aromatic nitrogens is 1. The number of benzene rings is 1. The second-order valence-corrected chi connectivity index (χ2v) is 4.69. The van der Waals surface area contributed by atoms with Gasteiger partial charge >= 0.3 is 0 Å². The largest absolute Gasteiger partial charge is 0.493 e. The summed E-state index contributed by atoms with van der Waals surface area (Å²) in [6, 6.07) is 8.69. The molecule has 2 rings (SSSR count). The molecule has 0 aliphatic carbocycles. The van der Waals surface area contributed by atoms with Gasteiger partial charge in [0.2, 0.25) is 5.88 Å². The Morgan fingerprint density at radius 1 is 1.13 bits per heavy atom. The lowest BCUT2D eigenvalue weighted by Crippen LogP contribution is -2.22. The van der Waals surface area contributed by atoms with Gasteiger partial charge in [-0.1, -0.05) is 6.07 Å². The number of nitrogens with one attached hydrogen (secondary N) is 1. The third kappa shape index (κ3) is 4.35. The summed E-state index contributed by atoms with van der Waals surface area (Å²) in [5.41, 5.74) is 1.40. The molecular weight excluding hydrogens is 296 g/mol. The Bertz CT molecular complexity index is 656. The van der Waals surface area contributed by atoms with Crippen LogP contribution in [-0.2, 0) is 6.54 Å². The van der Waals surface area contributed by atoms with Crippen molar-refractivity contribution in [2.75, 3.05) is 20.8 Å². The van der Waals surface area contributed by atoms with Gasteiger partial charge in [0, 0.05) is 24.4 Å². The molecule has 1 aromatic heterocycles. The van der Waals surface area contributed by atoms with Gasteiger partial charge in [0.15, 0.2) is 11.5 Å². The van der Waals surface area contributed by atoms with Crippen molar-refractivity contribution < 1.29 is 19.0 Å². The molecule has 1 heterocycles. The van der Waals surface area contributed by atoms with E-state index in [1.54, 1.807) is 44.7 Å². The zero-order valence-electron chi connectivity index (χ0n) is 13.5. The quantitative estimate of drug-likeness (QED) is 0.849. The van der Waals surface area contributed by atoms with Crippen molar-refractivity contribution in [2.45, 2.75) is 13.5 Å². The van der Waals surface area contributed by atoms with E-state index in [4.69, 9.17) is 14.2 Å². The fourth-order valence-electron chi connectivity index (χ4n) is 2.01. The van der Waals surface area contributed by atoms with Gasteiger partial charge in [-0.3, -0.25) is 4.79 Å². The number of hydrogen-bond acceptors (Lipinski definition) is 5. The van der Waals surface area contributed by atoms with Crippen LogP contribution in [0.25, 0.3) is 0 Å². The molecule has 0 saturated heterocycles. The number of ether oxygens (including phenoxy) is 3. The first-order valence-corrected chi connectivity index (χ1v) is 7.26. The van der Waals surface area contributed by atoms with Crippen molar-refractivity contribution in [2.24, 2.45) is 0 Å². The molecule has 0 spiro atoms. The van der Waals surface area contributed by atoms with Crippen molar-refractivity contribution in [1.82, 2.24) is 10.3 Å². The van der Waals surface area contributed by atoms with E-state index in [1.165, 1.54) is 0 Å². The average Bonchev–Trinajstić information content (AvgIpc) is 2.60. The number of amides is 1.